The molecular weight excluding hydrogens is 570 g/mol. The van der Waals surface area contributed by atoms with Crippen molar-refractivity contribution >= 4 is 34.3 Å². The summed E-state index contributed by atoms with van der Waals surface area (Å²) in [6.07, 6.45) is 5.31. The molecule has 4 heterocycles. The lowest BCUT2D eigenvalue weighted by Crippen LogP contribution is -2.34. The SMILES string of the molecule is COc1cnccc1-c1ccc2c(-c3nc(CN(C)C(=O)OC(C)(C)C)c(C4CCOCC4)s3)cnc(OC(N)=O)c2c1. The number of fused-ring (bicyclic) bond motifs is 1. The van der Waals surface area contributed by atoms with E-state index in [1.165, 1.54) is 0 Å². The monoisotopic (exact) mass is 605 g/mol. The molecule has 0 aliphatic carbocycles. The second kappa shape index (κ2) is 12.5. The molecule has 3 aromatic heterocycles. The number of carbonyl (C=O) groups is 2. The zero-order chi connectivity index (χ0) is 30.7. The van der Waals surface area contributed by atoms with E-state index in [0.29, 0.717) is 30.9 Å². The maximum Gasteiger partial charge on any atom is 0.411 e. The third kappa shape index (κ3) is 6.86. The lowest BCUT2D eigenvalue weighted by molar-refractivity contribution is 0.0282. The van der Waals surface area contributed by atoms with E-state index in [-0.39, 0.29) is 11.8 Å². The summed E-state index contributed by atoms with van der Waals surface area (Å²) in [6.45, 7) is 7.15. The van der Waals surface area contributed by atoms with Crippen LogP contribution in [-0.2, 0) is 16.0 Å². The first kappa shape index (κ1) is 30.2. The lowest BCUT2D eigenvalue weighted by Gasteiger charge is -2.25. The molecule has 4 aromatic rings. The van der Waals surface area contributed by atoms with Gasteiger partial charge in [0.15, 0.2) is 0 Å². The van der Waals surface area contributed by atoms with Gasteiger partial charge in [0.25, 0.3) is 0 Å². The number of carbonyl (C=O) groups excluding carboxylic acids is 2. The predicted molar refractivity (Wildman–Crippen MR) is 163 cm³/mol. The molecule has 5 rings (SSSR count). The van der Waals surface area contributed by atoms with Gasteiger partial charge in [-0.25, -0.2) is 19.6 Å². The number of benzene rings is 1. The molecule has 2 amide bonds. The molecule has 1 aromatic carbocycles. The molecular formula is C31H35N5O6S. The Kier molecular flexibility index (Phi) is 8.79. The quantitative estimate of drug-likeness (QED) is 0.263. The third-order valence-electron chi connectivity index (χ3n) is 7.01. The van der Waals surface area contributed by atoms with Gasteiger partial charge in [-0.2, -0.15) is 0 Å². The first-order chi connectivity index (χ1) is 20.5. The third-order valence-corrected chi connectivity index (χ3v) is 8.30. The Bertz CT molecular complexity index is 1640. The summed E-state index contributed by atoms with van der Waals surface area (Å²) in [6, 6.07) is 7.63. The lowest BCUT2D eigenvalue weighted by atomic mass is 9.97. The van der Waals surface area contributed by atoms with Crippen molar-refractivity contribution in [3.05, 3.63) is 53.4 Å². The number of thiazole rings is 1. The van der Waals surface area contributed by atoms with Crippen LogP contribution in [0.2, 0.25) is 0 Å². The number of nitrogens with two attached hydrogens (primary N) is 1. The Morgan fingerprint density at radius 1 is 1.12 bits per heavy atom. The summed E-state index contributed by atoms with van der Waals surface area (Å²) in [5.74, 6) is 0.944. The summed E-state index contributed by atoms with van der Waals surface area (Å²) in [7, 11) is 3.29. The van der Waals surface area contributed by atoms with Crippen LogP contribution in [0.25, 0.3) is 32.5 Å². The Hall–Kier alpha value is -4.29. The fraction of sp³-hybridized carbons (Fsp3) is 0.387. The Balaban J connectivity index is 1.61. The standard InChI is InChI=1S/C31H35N5O6S/c1-31(2,3)42-30(38)36(4)17-24-26(18-9-12-40-13-10-18)43-28(35-24)23-15-34-27(41-29(32)37)22-14-19(6-7-21(22)23)20-8-11-33-16-25(20)39-5/h6-8,11,14-16,18H,9-10,12-13,17H2,1-5H3,(H2,32,37). The maximum absolute atomic E-state index is 12.8. The van der Waals surface area contributed by atoms with Gasteiger partial charge in [0.1, 0.15) is 16.4 Å². The van der Waals surface area contributed by atoms with Gasteiger partial charge >= 0.3 is 12.2 Å². The number of ether oxygens (including phenoxy) is 4. The number of hydrogen-bond donors (Lipinski definition) is 1. The van der Waals surface area contributed by atoms with Gasteiger partial charge in [0.2, 0.25) is 5.88 Å². The first-order valence-electron chi connectivity index (χ1n) is 13.9. The van der Waals surface area contributed by atoms with Crippen LogP contribution >= 0.6 is 11.3 Å². The molecule has 1 aliphatic heterocycles. The van der Waals surface area contributed by atoms with Crippen molar-refractivity contribution in [2.45, 2.75) is 51.7 Å². The second-order valence-electron chi connectivity index (χ2n) is 11.3. The Morgan fingerprint density at radius 2 is 1.88 bits per heavy atom. The van der Waals surface area contributed by atoms with Crippen LogP contribution in [0.3, 0.4) is 0 Å². The van der Waals surface area contributed by atoms with Gasteiger partial charge in [-0.15, -0.1) is 11.3 Å². The van der Waals surface area contributed by atoms with E-state index < -0.39 is 17.8 Å². The predicted octanol–water partition coefficient (Wildman–Crippen LogP) is 6.15. The molecule has 1 fully saturated rings. The fourth-order valence-corrected chi connectivity index (χ4v) is 6.28. The number of nitrogens with zero attached hydrogens (tertiary/aromatic N) is 4. The number of primary amides is 1. The van der Waals surface area contributed by atoms with E-state index in [1.54, 1.807) is 49.0 Å². The number of pyridine rings is 2. The zero-order valence-electron chi connectivity index (χ0n) is 24.9. The summed E-state index contributed by atoms with van der Waals surface area (Å²) < 4.78 is 22.0. The summed E-state index contributed by atoms with van der Waals surface area (Å²) in [4.78, 5) is 40.9. The molecule has 0 spiro atoms. The average Bonchev–Trinajstić information content (AvgIpc) is 3.39. The van der Waals surface area contributed by atoms with E-state index in [2.05, 4.69) is 9.97 Å². The van der Waals surface area contributed by atoms with Crippen LogP contribution < -0.4 is 15.2 Å². The molecule has 0 bridgehead atoms. The van der Waals surface area contributed by atoms with Gasteiger partial charge in [-0.3, -0.25) is 4.98 Å². The van der Waals surface area contributed by atoms with Crippen molar-refractivity contribution in [1.29, 1.82) is 0 Å². The zero-order valence-corrected chi connectivity index (χ0v) is 25.7. The minimum atomic E-state index is -0.961. The van der Waals surface area contributed by atoms with E-state index >= 15 is 0 Å². The van der Waals surface area contributed by atoms with Crippen LogP contribution in [-0.4, -0.2) is 65.0 Å². The minimum absolute atomic E-state index is 0.0900. The molecule has 1 aliphatic rings. The Morgan fingerprint density at radius 3 is 2.58 bits per heavy atom. The largest absolute Gasteiger partial charge is 0.494 e. The molecule has 2 N–H and O–H groups in total. The summed E-state index contributed by atoms with van der Waals surface area (Å²) in [5.41, 5.74) is 7.99. The smallest absolute Gasteiger partial charge is 0.411 e. The van der Waals surface area contributed by atoms with E-state index in [4.69, 9.17) is 29.7 Å². The molecule has 0 atom stereocenters. The van der Waals surface area contributed by atoms with E-state index in [9.17, 15) is 9.59 Å². The normalized spacial score (nSPS) is 14.0. The van der Waals surface area contributed by atoms with Crippen molar-refractivity contribution in [1.82, 2.24) is 19.9 Å². The summed E-state index contributed by atoms with van der Waals surface area (Å²) in [5, 5.41) is 2.11. The molecule has 0 radical (unpaired) electrons. The molecule has 1 saturated heterocycles. The molecule has 0 saturated carbocycles. The number of hydrogen-bond acceptors (Lipinski definition) is 10. The van der Waals surface area contributed by atoms with Crippen LogP contribution in [0.1, 0.15) is 50.1 Å². The van der Waals surface area contributed by atoms with Crippen molar-refractivity contribution in [2.24, 2.45) is 5.73 Å². The van der Waals surface area contributed by atoms with Gasteiger partial charge in [0, 0.05) is 54.0 Å². The average molecular weight is 606 g/mol. The number of amides is 2. The van der Waals surface area contributed by atoms with Crippen molar-refractivity contribution in [3.8, 4) is 33.3 Å². The minimum Gasteiger partial charge on any atom is -0.494 e. The van der Waals surface area contributed by atoms with Crippen LogP contribution in [0.4, 0.5) is 9.59 Å². The van der Waals surface area contributed by atoms with Crippen molar-refractivity contribution in [2.75, 3.05) is 27.4 Å². The fourth-order valence-electron chi connectivity index (χ4n) is 5.01. The second-order valence-corrected chi connectivity index (χ2v) is 12.3. The highest BCUT2D eigenvalue weighted by Gasteiger charge is 2.27. The maximum atomic E-state index is 12.8. The highest BCUT2D eigenvalue weighted by Crippen LogP contribution is 2.42. The Labute approximate surface area is 254 Å². The molecule has 11 nitrogen and oxygen atoms in total. The van der Waals surface area contributed by atoms with Gasteiger partial charge < -0.3 is 29.6 Å². The summed E-state index contributed by atoms with van der Waals surface area (Å²) >= 11 is 1.58. The van der Waals surface area contributed by atoms with Crippen LogP contribution in [0.15, 0.2) is 42.9 Å². The number of methoxy groups -OCH3 is 1. The van der Waals surface area contributed by atoms with Crippen molar-refractivity contribution in [3.63, 3.8) is 0 Å². The van der Waals surface area contributed by atoms with E-state index in [1.807, 2.05) is 45.0 Å². The van der Waals surface area contributed by atoms with Gasteiger partial charge in [0.05, 0.1) is 25.5 Å². The molecule has 0 unspecified atom stereocenters. The van der Waals surface area contributed by atoms with Gasteiger partial charge in [-0.05, 0) is 62.6 Å². The highest BCUT2D eigenvalue weighted by molar-refractivity contribution is 7.15. The molecule has 226 valence electrons. The van der Waals surface area contributed by atoms with Crippen LogP contribution in [0.5, 0.6) is 11.6 Å². The first-order valence-corrected chi connectivity index (χ1v) is 14.8. The number of aromatic nitrogens is 3. The van der Waals surface area contributed by atoms with E-state index in [0.717, 1.165) is 50.5 Å². The van der Waals surface area contributed by atoms with Crippen LogP contribution in [0, 0.1) is 0 Å². The molecule has 43 heavy (non-hydrogen) atoms. The highest BCUT2D eigenvalue weighted by atomic mass is 32.1. The topological polar surface area (TPSA) is 139 Å². The van der Waals surface area contributed by atoms with Crippen molar-refractivity contribution < 1.29 is 28.5 Å². The number of rotatable bonds is 7. The molecule has 12 heteroatoms. The van der Waals surface area contributed by atoms with Gasteiger partial charge in [-0.1, -0.05) is 12.1 Å².